The van der Waals surface area contributed by atoms with Crippen LogP contribution in [0.25, 0.3) is 11.0 Å². The molecule has 182 valence electrons. The fraction of sp³-hybridized carbons (Fsp3) is 0.304. The summed E-state index contributed by atoms with van der Waals surface area (Å²) in [6, 6.07) is 11.7. The molecule has 1 aromatic heterocycles. The topological polar surface area (TPSA) is 121 Å². The van der Waals surface area contributed by atoms with Gasteiger partial charge in [0.25, 0.3) is 10.2 Å². The minimum atomic E-state index is -3.67. The molecule has 1 amide bonds. The number of fused-ring (bicyclic) bond motifs is 1. The second-order valence-electron chi connectivity index (χ2n) is 8.19. The minimum absolute atomic E-state index is 0.244. The Labute approximate surface area is 198 Å². The van der Waals surface area contributed by atoms with Crippen molar-refractivity contribution in [3.63, 3.8) is 0 Å². The summed E-state index contributed by atoms with van der Waals surface area (Å²) in [5.41, 5.74) is 2.15. The molecule has 0 fully saturated rings. The fourth-order valence-electron chi connectivity index (χ4n) is 3.37. The standard InChI is InChI=1S/C23H28N4O6S/c1-24-34(30,31)25-16-8-6-7-15(11-16)12-19-20(14-26(2)3)18-10-9-17(32-23(29)27(4)5)13-21(18)33-22(19)28/h6-11,13,24-25H,12,14H2,1-5H3. The number of anilines is 1. The Morgan fingerprint density at radius 1 is 1.06 bits per heavy atom. The summed E-state index contributed by atoms with van der Waals surface area (Å²) in [5.74, 6) is 0.266. The summed E-state index contributed by atoms with van der Waals surface area (Å²) in [6.45, 7) is 0.473. The number of hydrogen-bond acceptors (Lipinski definition) is 7. The maximum atomic E-state index is 13.0. The molecule has 0 aliphatic heterocycles. The van der Waals surface area contributed by atoms with E-state index in [1.165, 1.54) is 18.0 Å². The Balaban J connectivity index is 2.04. The van der Waals surface area contributed by atoms with Gasteiger partial charge >= 0.3 is 11.7 Å². The van der Waals surface area contributed by atoms with Crippen molar-refractivity contribution in [3.05, 3.63) is 69.6 Å². The molecule has 0 aliphatic carbocycles. The molecule has 2 N–H and O–H groups in total. The van der Waals surface area contributed by atoms with Gasteiger partial charge in [0.1, 0.15) is 11.3 Å². The van der Waals surface area contributed by atoms with Crippen molar-refractivity contribution in [2.75, 3.05) is 40.0 Å². The van der Waals surface area contributed by atoms with Gasteiger partial charge in [-0.1, -0.05) is 12.1 Å². The van der Waals surface area contributed by atoms with Gasteiger partial charge in [0.15, 0.2) is 0 Å². The highest BCUT2D eigenvalue weighted by atomic mass is 32.2. The highest BCUT2D eigenvalue weighted by Crippen LogP contribution is 2.27. The molecule has 0 saturated heterocycles. The predicted molar refractivity (Wildman–Crippen MR) is 130 cm³/mol. The van der Waals surface area contributed by atoms with E-state index in [-0.39, 0.29) is 12.2 Å². The van der Waals surface area contributed by atoms with Crippen LogP contribution >= 0.6 is 0 Å². The molecule has 0 spiro atoms. The summed E-state index contributed by atoms with van der Waals surface area (Å²) in [5, 5.41) is 0.722. The van der Waals surface area contributed by atoms with Gasteiger partial charge in [-0.05, 0) is 49.5 Å². The first kappa shape index (κ1) is 25.2. The summed E-state index contributed by atoms with van der Waals surface area (Å²) in [4.78, 5) is 28.1. The van der Waals surface area contributed by atoms with Crippen LogP contribution < -0.4 is 19.8 Å². The van der Waals surface area contributed by atoms with Crippen LogP contribution in [-0.2, 0) is 23.2 Å². The van der Waals surface area contributed by atoms with Gasteiger partial charge in [-0.15, -0.1) is 0 Å². The summed E-state index contributed by atoms with van der Waals surface area (Å²) < 4.78 is 39.1. The Morgan fingerprint density at radius 2 is 1.79 bits per heavy atom. The lowest BCUT2D eigenvalue weighted by atomic mass is 9.98. The van der Waals surface area contributed by atoms with E-state index in [1.807, 2.05) is 25.1 Å². The quantitative estimate of drug-likeness (QED) is 0.467. The lowest BCUT2D eigenvalue weighted by molar-refractivity contribution is 0.172. The van der Waals surface area contributed by atoms with E-state index in [2.05, 4.69) is 9.44 Å². The molecule has 34 heavy (non-hydrogen) atoms. The molecule has 0 saturated carbocycles. The van der Waals surface area contributed by atoms with Crippen molar-refractivity contribution in [3.8, 4) is 5.75 Å². The molecule has 3 aromatic rings. The number of hydrogen-bond donors (Lipinski definition) is 2. The average molecular weight is 489 g/mol. The molecule has 10 nitrogen and oxygen atoms in total. The van der Waals surface area contributed by atoms with Crippen LogP contribution in [0.4, 0.5) is 10.5 Å². The van der Waals surface area contributed by atoms with Crippen LogP contribution in [0.15, 0.2) is 51.7 Å². The maximum absolute atomic E-state index is 13.0. The van der Waals surface area contributed by atoms with Crippen LogP contribution in [-0.4, -0.2) is 59.5 Å². The van der Waals surface area contributed by atoms with Gasteiger partial charge in [-0.25, -0.2) is 14.3 Å². The van der Waals surface area contributed by atoms with Crippen molar-refractivity contribution in [2.45, 2.75) is 13.0 Å². The molecule has 11 heteroatoms. The monoisotopic (exact) mass is 488 g/mol. The van der Waals surface area contributed by atoms with Crippen molar-refractivity contribution in [1.29, 1.82) is 0 Å². The molecule has 0 radical (unpaired) electrons. The number of ether oxygens (including phenoxy) is 1. The molecule has 1 heterocycles. The van der Waals surface area contributed by atoms with Crippen molar-refractivity contribution < 1.29 is 22.4 Å². The van der Waals surface area contributed by atoms with E-state index in [0.29, 0.717) is 23.4 Å². The summed E-state index contributed by atoms with van der Waals surface area (Å²) in [7, 11) is 4.58. The number of rotatable bonds is 8. The van der Waals surface area contributed by atoms with Gasteiger partial charge in [0, 0.05) is 51.1 Å². The zero-order valence-electron chi connectivity index (χ0n) is 19.7. The maximum Gasteiger partial charge on any atom is 0.414 e. The second kappa shape index (κ2) is 10.2. The highest BCUT2D eigenvalue weighted by molar-refractivity contribution is 7.90. The fourth-order valence-corrected chi connectivity index (χ4v) is 3.91. The first-order valence-corrected chi connectivity index (χ1v) is 11.9. The third-order valence-corrected chi connectivity index (χ3v) is 6.01. The van der Waals surface area contributed by atoms with Crippen LogP contribution in [0.1, 0.15) is 16.7 Å². The van der Waals surface area contributed by atoms with E-state index in [9.17, 15) is 18.0 Å². The molecular weight excluding hydrogens is 460 g/mol. The lowest BCUT2D eigenvalue weighted by Crippen LogP contribution is -2.26. The average Bonchev–Trinajstić information content (AvgIpc) is 2.75. The van der Waals surface area contributed by atoms with Crippen molar-refractivity contribution in [1.82, 2.24) is 14.5 Å². The normalized spacial score (nSPS) is 11.6. The SMILES string of the molecule is CNS(=O)(=O)Nc1cccc(Cc2c(CN(C)C)c3ccc(OC(=O)N(C)C)cc3oc2=O)c1. The Hall–Kier alpha value is -3.41. The number of amides is 1. The van der Waals surface area contributed by atoms with E-state index < -0.39 is 21.9 Å². The van der Waals surface area contributed by atoms with Crippen LogP contribution in [0.5, 0.6) is 5.75 Å². The Bertz CT molecular complexity index is 1370. The first-order valence-electron chi connectivity index (χ1n) is 10.4. The zero-order chi connectivity index (χ0) is 25.0. The molecular formula is C23H28N4O6S. The molecule has 3 rings (SSSR count). The van der Waals surface area contributed by atoms with E-state index in [1.54, 1.807) is 44.4 Å². The van der Waals surface area contributed by atoms with Crippen LogP contribution in [0, 0.1) is 0 Å². The first-order chi connectivity index (χ1) is 16.0. The third kappa shape index (κ3) is 6.13. The predicted octanol–water partition coefficient (Wildman–Crippen LogP) is 2.38. The van der Waals surface area contributed by atoms with Crippen LogP contribution in [0.3, 0.4) is 0 Å². The number of benzene rings is 2. The largest absolute Gasteiger partial charge is 0.422 e. The smallest absolute Gasteiger partial charge is 0.414 e. The number of nitrogens with one attached hydrogen (secondary N) is 2. The van der Waals surface area contributed by atoms with Crippen molar-refractivity contribution in [2.24, 2.45) is 0 Å². The van der Waals surface area contributed by atoms with Gasteiger partial charge in [-0.3, -0.25) is 4.72 Å². The molecule has 2 aromatic carbocycles. The third-order valence-electron chi connectivity index (χ3n) is 4.97. The van der Waals surface area contributed by atoms with Crippen LogP contribution in [0.2, 0.25) is 0 Å². The zero-order valence-corrected chi connectivity index (χ0v) is 20.5. The number of nitrogens with zero attached hydrogens (tertiary/aromatic N) is 2. The second-order valence-corrected chi connectivity index (χ2v) is 9.81. The van der Waals surface area contributed by atoms with Gasteiger partial charge < -0.3 is 19.0 Å². The van der Waals surface area contributed by atoms with Gasteiger partial charge in [-0.2, -0.15) is 8.42 Å². The van der Waals surface area contributed by atoms with Gasteiger partial charge in [0.05, 0.1) is 5.69 Å². The number of carbonyl (C=O) groups is 1. The van der Waals surface area contributed by atoms with Gasteiger partial charge in [0.2, 0.25) is 0 Å². The van der Waals surface area contributed by atoms with E-state index in [4.69, 9.17) is 9.15 Å². The minimum Gasteiger partial charge on any atom is -0.422 e. The van der Waals surface area contributed by atoms with E-state index >= 15 is 0 Å². The molecule has 0 unspecified atom stereocenters. The van der Waals surface area contributed by atoms with Crippen molar-refractivity contribution >= 4 is 33.0 Å². The number of carbonyl (C=O) groups excluding carboxylic acids is 1. The summed E-state index contributed by atoms with van der Waals surface area (Å²) >= 11 is 0. The molecule has 0 bridgehead atoms. The molecule has 0 atom stereocenters. The highest BCUT2D eigenvalue weighted by Gasteiger charge is 2.18. The van der Waals surface area contributed by atoms with E-state index in [0.717, 1.165) is 16.5 Å². The Kier molecular flexibility index (Phi) is 7.60. The Morgan fingerprint density at radius 3 is 2.44 bits per heavy atom. The lowest BCUT2D eigenvalue weighted by Gasteiger charge is -2.17. The summed E-state index contributed by atoms with van der Waals surface area (Å²) in [6.07, 6.45) is -0.297. The molecule has 0 aliphatic rings.